The SMILES string of the molecule is CCC1=Cc2c(-c3ccc(C(C)(C)C)cc3)cccc2[CH]1[Zr].Cl.Cl. The van der Waals surface area contributed by atoms with E-state index >= 15 is 0 Å². The summed E-state index contributed by atoms with van der Waals surface area (Å²) in [5.74, 6) is 0. The topological polar surface area (TPSA) is 0 Å². The molecule has 0 aliphatic heterocycles. The Kier molecular flexibility index (Phi) is 7.54. The fourth-order valence-electron chi connectivity index (χ4n) is 3.17. The first-order chi connectivity index (χ1) is 10.4. The van der Waals surface area contributed by atoms with Crippen molar-refractivity contribution in [1.82, 2.24) is 0 Å². The zero-order valence-electron chi connectivity index (χ0n) is 14.7. The molecule has 0 aromatic heterocycles. The molecule has 1 aliphatic rings. The van der Waals surface area contributed by atoms with Crippen molar-refractivity contribution in [2.24, 2.45) is 0 Å². The van der Waals surface area contributed by atoms with Crippen LogP contribution in [0.1, 0.15) is 54.4 Å². The van der Waals surface area contributed by atoms with Crippen molar-refractivity contribution in [2.45, 2.75) is 43.2 Å². The first kappa shape index (κ1) is 21.7. The Balaban J connectivity index is 0.00000144. The third kappa shape index (κ3) is 4.06. The maximum Gasteiger partial charge on any atom is -0.147 e. The molecule has 0 amide bonds. The van der Waals surface area contributed by atoms with E-state index < -0.39 is 0 Å². The van der Waals surface area contributed by atoms with E-state index in [1.807, 2.05) is 0 Å². The van der Waals surface area contributed by atoms with Gasteiger partial charge in [-0.15, -0.1) is 24.8 Å². The van der Waals surface area contributed by atoms with Crippen LogP contribution in [0.25, 0.3) is 17.2 Å². The molecule has 3 rings (SSSR count). The molecule has 0 fully saturated rings. The summed E-state index contributed by atoms with van der Waals surface area (Å²) in [5.41, 5.74) is 8.89. The Morgan fingerprint density at radius 3 is 2.12 bits per heavy atom. The van der Waals surface area contributed by atoms with Gasteiger partial charge in [-0.3, -0.25) is 0 Å². The van der Waals surface area contributed by atoms with Gasteiger partial charge in [0.15, 0.2) is 0 Å². The summed E-state index contributed by atoms with van der Waals surface area (Å²) in [6.07, 6.45) is 3.59. The fraction of sp³-hybridized carbons (Fsp3) is 0.333. The Labute approximate surface area is 173 Å². The van der Waals surface area contributed by atoms with Gasteiger partial charge in [0, 0.05) is 0 Å². The van der Waals surface area contributed by atoms with Crippen molar-refractivity contribution in [3.63, 3.8) is 0 Å². The van der Waals surface area contributed by atoms with Gasteiger partial charge in [0.1, 0.15) is 0 Å². The predicted molar refractivity (Wildman–Crippen MR) is 106 cm³/mol. The zero-order valence-corrected chi connectivity index (χ0v) is 18.8. The number of hydrogen-bond donors (Lipinski definition) is 0. The first-order valence-electron chi connectivity index (χ1n) is 8.07. The van der Waals surface area contributed by atoms with E-state index in [4.69, 9.17) is 0 Å². The summed E-state index contributed by atoms with van der Waals surface area (Å²) in [4.78, 5) is 0. The van der Waals surface area contributed by atoms with E-state index in [0.717, 1.165) is 6.42 Å². The number of benzene rings is 2. The molecule has 0 N–H and O–H groups in total. The second-order valence-corrected chi connectivity index (χ2v) is 8.56. The monoisotopic (exact) mass is 437 g/mol. The first-order valence-corrected chi connectivity index (χ1v) is 9.49. The molecular formula is C21H25Cl2Zr. The van der Waals surface area contributed by atoms with Crippen LogP contribution in [0, 0.1) is 0 Å². The van der Waals surface area contributed by atoms with Crippen LogP contribution in [-0.4, -0.2) is 0 Å². The number of allylic oxidation sites excluding steroid dienone is 1. The van der Waals surface area contributed by atoms with E-state index in [0.29, 0.717) is 3.63 Å². The van der Waals surface area contributed by atoms with E-state index in [9.17, 15) is 0 Å². The maximum atomic E-state index is 2.43. The third-order valence-corrected chi connectivity index (χ3v) is 6.30. The summed E-state index contributed by atoms with van der Waals surface area (Å²) in [6.45, 7) is 9.07. The van der Waals surface area contributed by atoms with Gasteiger partial charge in [-0.05, 0) is 0 Å². The van der Waals surface area contributed by atoms with Crippen LogP contribution in [0.4, 0.5) is 0 Å². The fourth-order valence-corrected chi connectivity index (χ4v) is 4.50. The molecule has 3 heteroatoms. The van der Waals surface area contributed by atoms with Gasteiger partial charge in [0.25, 0.3) is 0 Å². The maximum absolute atomic E-state index is 2.43. The Morgan fingerprint density at radius 2 is 1.58 bits per heavy atom. The van der Waals surface area contributed by atoms with Gasteiger partial charge in [-0.25, -0.2) is 0 Å². The molecule has 1 unspecified atom stereocenters. The summed E-state index contributed by atoms with van der Waals surface area (Å²) in [5, 5.41) is 0. The molecule has 0 spiro atoms. The normalized spacial score (nSPS) is 15.8. The van der Waals surface area contributed by atoms with Crippen LogP contribution in [0.2, 0.25) is 0 Å². The molecule has 24 heavy (non-hydrogen) atoms. The van der Waals surface area contributed by atoms with Crippen LogP contribution in [0.3, 0.4) is 0 Å². The van der Waals surface area contributed by atoms with Gasteiger partial charge in [-0.1, -0.05) is 0 Å². The average Bonchev–Trinajstić information content (AvgIpc) is 2.83. The summed E-state index contributed by atoms with van der Waals surface area (Å²) in [7, 11) is 0. The summed E-state index contributed by atoms with van der Waals surface area (Å²) >= 11 is 1.60. The minimum Gasteiger partial charge on any atom is -0.147 e. The van der Waals surface area contributed by atoms with Crippen LogP contribution in [0.5, 0.6) is 0 Å². The van der Waals surface area contributed by atoms with E-state index in [1.165, 1.54) is 27.8 Å². The smallest absolute Gasteiger partial charge is 0.147 e. The zero-order chi connectivity index (χ0) is 15.9. The van der Waals surface area contributed by atoms with Crippen molar-refractivity contribution in [3.05, 3.63) is 64.7 Å². The van der Waals surface area contributed by atoms with E-state index in [-0.39, 0.29) is 30.2 Å². The molecule has 0 bridgehead atoms. The molecule has 0 saturated heterocycles. The standard InChI is InChI=1S/C21H23.2ClH.Zr/c1-5-15-13-17-7-6-8-19(20(17)14-15)16-9-11-18(12-10-16)21(2,3)4;;;/h6-14H,5H2,1-4H3;2*1H;. The third-order valence-electron chi connectivity index (χ3n) is 4.62. The molecule has 0 nitrogen and oxygen atoms in total. The quantitative estimate of drug-likeness (QED) is 0.478. The number of halogens is 2. The minimum atomic E-state index is 0. The molecule has 0 saturated carbocycles. The Morgan fingerprint density at radius 1 is 0.958 bits per heavy atom. The minimum absolute atomic E-state index is 0. The number of rotatable bonds is 2. The Hall–Kier alpha value is -0.357. The summed E-state index contributed by atoms with van der Waals surface area (Å²) in [6, 6.07) is 15.9. The molecule has 0 heterocycles. The number of hydrogen-bond acceptors (Lipinski definition) is 0. The van der Waals surface area contributed by atoms with Gasteiger partial charge in [0.2, 0.25) is 0 Å². The van der Waals surface area contributed by atoms with Crippen molar-refractivity contribution in [1.29, 1.82) is 0 Å². The molecule has 0 radical (unpaired) electrons. The van der Waals surface area contributed by atoms with Crippen LogP contribution >= 0.6 is 24.8 Å². The Bertz CT molecular complexity index is 724. The van der Waals surface area contributed by atoms with Gasteiger partial charge >= 0.3 is 150 Å². The van der Waals surface area contributed by atoms with Crippen molar-refractivity contribution in [2.75, 3.05) is 0 Å². The van der Waals surface area contributed by atoms with Crippen molar-refractivity contribution in [3.8, 4) is 11.1 Å². The second kappa shape index (κ2) is 8.35. The molecule has 127 valence electrons. The second-order valence-electron chi connectivity index (χ2n) is 7.14. The van der Waals surface area contributed by atoms with Gasteiger partial charge in [-0.2, -0.15) is 0 Å². The van der Waals surface area contributed by atoms with Crippen LogP contribution in [0.15, 0.2) is 48.0 Å². The van der Waals surface area contributed by atoms with Gasteiger partial charge in [0.05, 0.1) is 0 Å². The van der Waals surface area contributed by atoms with Crippen molar-refractivity contribution >= 4 is 30.9 Å². The molecule has 2 aromatic rings. The molecule has 1 aliphatic carbocycles. The molecular weight excluding hydrogens is 414 g/mol. The predicted octanol–water partition coefficient (Wildman–Crippen LogP) is 6.89. The summed E-state index contributed by atoms with van der Waals surface area (Å²) < 4.78 is 0.654. The van der Waals surface area contributed by atoms with Crippen LogP contribution < -0.4 is 0 Å². The largest absolute Gasteiger partial charge is 0.147 e. The van der Waals surface area contributed by atoms with E-state index in [2.05, 4.69) is 76.2 Å². The van der Waals surface area contributed by atoms with Crippen molar-refractivity contribution < 1.29 is 24.7 Å². The molecule has 2 aromatic carbocycles. The average molecular weight is 440 g/mol. The van der Waals surface area contributed by atoms with Crippen LogP contribution in [-0.2, 0) is 30.1 Å². The number of fused-ring (bicyclic) bond motifs is 1. The molecule has 1 atom stereocenters. The van der Waals surface area contributed by atoms with E-state index in [1.54, 1.807) is 30.3 Å². The van der Waals surface area contributed by atoms with Gasteiger partial charge < -0.3 is 0 Å².